The molecule has 108 valence electrons. The number of benzene rings is 1. The predicted molar refractivity (Wildman–Crippen MR) is 81.1 cm³/mol. The molecule has 0 atom stereocenters. The fraction of sp³-hybridized carbons (Fsp3) is 0.400. The zero-order chi connectivity index (χ0) is 14.4. The van der Waals surface area contributed by atoms with E-state index in [0.29, 0.717) is 19.8 Å². The van der Waals surface area contributed by atoms with Crippen LogP contribution in [0.3, 0.4) is 0 Å². The van der Waals surface area contributed by atoms with Crippen LogP contribution in [0.5, 0.6) is 5.75 Å². The van der Waals surface area contributed by atoms with Crippen LogP contribution < -0.4 is 10.5 Å². The van der Waals surface area contributed by atoms with Gasteiger partial charge in [-0.05, 0) is 24.6 Å². The highest BCUT2D eigenvalue weighted by atomic mass is 32.1. The van der Waals surface area contributed by atoms with Crippen molar-refractivity contribution in [2.24, 2.45) is 5.73 Å². The standard InChI is InChI=1S/C15H20N2O2S/c1-11-15(20-10-17-11)5-6-19-9-12-3-4-14(18-2)13(7-12)8-16/h3-4,7,10H,5-6,8-9,16H2,1-2H3. The third-order valence-corrected chi connectivity index (χ3v) is 4.15. The molecule has 0 spiro atoms. The summed E-state index contributed by atoms with van der Waals surface area (Å²) in [5, 5.41) is 0. The summed E-state index contributed by atoms with van der Waals surface area (Å²) in [7, 11) is 1.65. The van der Waals surface area contributed by atoms with Crippen molar-refractivity contribution in [1.29, 1.82) is 0 Å². The molecule has 1 heterocycles. The van der Waals surface area contributed by atoms with E-state index in [1.807, 2.05) is 30.6 Å². The first-order valence-corrected chi connectivity index (χ1v) is 7.45. The van der Waals surface area contributed by atoms with Crippen molar-refractivity contribution >= 4 is 11.3 Å². The van der Waals surface area contributed by atoms with Crippen molar-refractivity contribution in [1.82, 2.24) is 4.98 Å². The fourth-order valence-corrected chi connectivity index (χ4v) is 2.76. The van der Waals surface area contributed by atoms with E-state index in [2.05, 4.69) is 4.98 Å². The van der Waals surface area contributed by atoms with Crippen LogP contribution in [0.15, 0.2) is 23.7 Å². The van der Waals surface area contributed by atoms with Crippen molar-refractivity contribution in [2.45, 2.75) is 26.5 Å². The van der Waals surface area contributed by atoms with Crippen LogP contribution in [0, 0.1) is 6.92 Å². The van der Waals surface area contributed by atoms with Crippen LogP contribution in [0.4, 0.5) is 0 Å². The number of rotatable bonds is 7. The van der Waals surface area contributed by atoms with E-state index in [9.17, 15) is 0 Å². The second-order valence-corrected chi connectivity index (χ2v) is 5.45. The largest absolute Gasteiger partial charge is 0.496 e. The molecule has 5 heteroatoms. The first kappa shape index (κ1) is 15.0. The maximum atomic E-state index is 5.72. The molecule has 0 amide bonds. The summed E-state index contributed by atoms with van der Waals surface area (Å²) in [6.45, 7) is 3.79. The van der Waals surface area contributed by atoms with E-state index < -0.39 is 0 Å². The summed E-state index contributed by atoms with van der Waals surface area (Å²) >= 11 is 1.68. The lowest BCUT2D eigenvalue weighted by atomic mass is 10.1. The molecule has 1 aromatic heterocycles. The van der Waals surface area contributed by atoms with Crippen LogP contribution in [-0.4, -0.2) is 18.7 Å². The number of nitrogens with zero attached hydrogens (tertiary/aromatic N) is 1. The Morgan fingerprint density at radius 3 is 2.85 bits per heavy atom. The van der Waals surface area contributed by atoms with E-state index in [4.69, 9.17) is 15.2 Å². The van der Waals surface area contributed by atoms with Crippen LogP contribution in [0.2, 0.25) is 0 Å². The molecule has 0 saturated carbocycles. The maximum absolute atomic E-state index is 5.72. The summed E-state index contributed by atoms with van der Waals surface area (Å²) in [6, 6.07) is 5.99. The van der Waals surface area contributed by atoms with Gasteiger partial charge < -0.3 is 15.2 Å². The molecule has 0 radical (unpaired) electrons. The second kappa shape index (κ2) is 7.38. The molecule has 0 aliphatic heterocycles. The lowest BCUT2D eigenvalue weighted by Crippen LogP contribution is -2.03. The minimum atomic E-state index is 0.469. The van der Waals surface area contributed by atoms with Gasteiger partial charge in [0, 0.05) is 23.4 Å². The normalized spacial score (nSPS) is 10.8. The van der Waals surface area contributed by atoms with Gasteiger partial charge in [0.05, 0.1) is 31.5 Å². The number of methoxy groups -OCH3 is 1. The first-order valence-electron chi connectivity index (χ1n) is 6.57. The molecule has 0 aliphatic rings. The summed E-state index contributed by atoms with van der Waals surface area (Å²) in [5.41, 5.74) is 10.8. The van der Waals surface area contributed by atoms with E-state index in [0.717, 1.165) is 29.0 Å². The van der Waals surface area contributed by atoms with E-state index in [1.54, 1.807) is 18.4 Å². The Morgan fingerprint density at radius 1 is 1.35 bits per heavy atom. The number of ether oxygens (including phenoxy) is 2. The molecule has 2 aromatic rings. The number of hydrogen-bond acceptors (Lipinski definition) is 5. The number of thiazole rings is 1. The van der Waals surface area contributed by atoms with Crippen molar-refractivity contribution < 1.29 is 9.47 Å². The zero-order valence-electron chi connectivity index (χ0n) is 11.9. The Bertz CT molecular complexity index is 555. The minimum Gasteiger partial charge on any atom is -0.496 e. The van der Waals surface area contributed by atoms with Gasteiger partial charge in [-0.3, -0.25) is 0 Å². The van der Waals surface area contributed by atoms with Crippen LogP contribution >= 0.6 is 11.3 Å². The number of nitrogens with two attached hydrogens (primary N) is 1. The van der Waals surface area contributed by atoms with Gasteiger partial charge in [-0.1, -0.05) is 6.07 Å². The molecule has 0 saturated heterocycles. The highest BCUT2D eigenvalue weighted by molar-refractivity contribution is 7.09. The first-order chi connectivity index (χ1) is 9.74. The van der Waals surface area contributed by atoms with Crippen molar-refractivity contribution in [2.75, 3.05) is 13.7 Å². The van der Waals surface area contributed by atoms with Crippen molar-refractivity contribution in [3.05, 3.63) is 45.4 Å². The quantitative estimate of drug-likeness (QED) is 0.797. The fourth-order valence-electron chi connectivity index (χ4n) is 2.00. The molecule has 0 aliphatic carbocycles. The molecule has 0 bridgehead atoms. The number of aromatic nitrogens is 1. The van der Waals surface area contributed by atoms with Crippen LogP contribution in [0.25, 0.3) is 0 Å². The Balaban J connectivity index is 1.83. The molecular formula is C15H20N2O2S. The monoisotopic (exact) mass is 292 g/mol. The van der Waals surface area contributed by atoms with E-state index in [1.165, 1.54) is 4.88 Å². The molecule has 4 nitrogen and oxygen atoms in total. The van der Waals surface area contributed by atoms with E-state index >= 15 is 0 Å². The highest BCUT2D eigenvalue weighted by Gasteiger charge is 2.04. The Kier molecular flexibility index (Phi) is 5.52. The van der Waals surface area contributed by atoms with E-state index in [-0.39, 0.29) is 0 Å². The van der Waals surface area contributed by atoms with Gasteiger partial charge in [0.25, 0.3) is 0 Å². The van der Waals surface area contributed by atoms with Gasteiger partial charge in [0.15, 0.2) is 0 Å². The van der Waals surface area contributed by atoms with Gasteiger partial charge in [0.1, 0.15) is 5.75 Å². The van der Waals surface area contributed by atoms with Crippen LogP contribution in [0.1, 0.15) is 21.7 Å². The zero-order valence-corrected chi connectivity index (χ0v) is 12.7. The van der Waals surface area contributed by atoms with Gasteiger partial charge in [0.2, 0.25) is 0 Å². The van der Waals surface area contributed by atoms with Crippen molar-refractivity contribution in [3.63, 3.8) is 0 Å². The lowest BCUT2D eigenvalue weighted by Gasteiger charge is -2.09. The minimum absolute atomic E-state index is 0.469. The highest BCUT2D eigenvalue weighted by Crippen LogP contribution is 2.20. The second-order valence-electron chi connectivity index (χ2n) is 4.51. The summed E-state index contributed by atoms with van der Waals surface area (Å²) in [5.74, 6) is 0.830. The summed E-state index contributed by atoms with van der Waals surface area (Å²) < 4.78 is 11.0. The molecule has 1 aromatic carbocycles. The van der Waals surface area contributed by atoms with Crippen LogP contribution in [-0.2, 0) is 24.3 Å². The van der Waals surface area contributed by atoms with Crippen molar-refractivity contribution in [3.8, 4) is 5.75 Å². The Hall–Kier alpha value is -1.43. The SMILES string of the molecule is COc1ccc(COCCc2scnc2C)cc1CN. The number of aryl methyl sites for hydroxylation is 1. The third-order valence-electron chi connectivity index (χ3n) is 3.15. The Morgan fingerprint density at radius 2 is 2.20 bits per heavy atom. The molecular weight excluding hydrogens is 272 g/mol. The topological polar surface area (TPSA) is 57.4 Å². The Labute approximate surface area is 123 Å². The summed E-state index contributed by atoms with van der Waals surface area (Å²) in [6.07, 6.45) is 0.913. The lowest BCUT2D eigenvalue weighted by molar-refractivity contribution is 0.124. The molecule has 20 heavy (non-hydrogen) atoms. The third kappa shape index (κ3) is 3.79. The molecule has 2 N–H and O–H groups in total. The number of hydrogen-bond donors (Lipinski definition) is 1. The van der Waals surface area contributed by atoms with Gasteiger partial charge in [-0.2, -0.15) is 0 Å². The van der Waals surface area contributed by atoms with Gasteiger partial charge in [-0.15, -0.1) is 11.3 Å². The summed E-state index contributed by atoms with van der Waals surface area (Å²) in [4.78, 5) is 5.52. The molecule has 0 fully saturated rings. The van der Waals surface area contributed by atoms with Gasteiger partial charge >= 0.3 is 0 Å². The van der Waals surface area contributed by atoms with Gasteiger partial charge in [-0.25, -0.2) is 4.98 Å². The predicted octanol–water partition coefficient (Wildman–Crippen LogP) is 2.68. The smallest absolute Gasteiger partial charge is 0.123 e. The molecule has 2 rings (SSSR count). The maximum Gasteiger partial charge on any atom is 0.123 e. The molecule has 0 unspecified atom stereocenters. The average molecular weight is 292 g/mol. The average Bonchev–Trinajstić information content (AvgIpc) is 2.88.